The molecule has 128 valence electrons. The number of aryl methyl sites for hydroxylation is 1. The first-order valence-electron chi connectivity index (χ1n) is 8.53. The third-order valence-electron chi connectivity index (χ3n) is 4.36. The molecule has 0 unspecified atom stereocenters. The molecule has 1 heterocycles. The Morgan fingerprint density at radius 3 is 2.54 bits per heavy atom. The largest absolute Gasteiger partial charge is 0.508 e. The fourth-order valence-electron chi connectivity index (χ4n) is 2.99. The van der Waals surface area contributed by atoms with E-state index < -0.39 is 0 Å². The second kappa shape index (κ2) is 6.84. The highest BCUT2D eigenvalue weighted by Gasteiger charge is 2.08. The van der Waals surface area contributed by atoms with E-state index in [4.69, 9.17) is 4.98 Å². The average Bonchev–Trinajstić information content (AvgIpc) is 2.97. The Kier molecular flexibility index (Phi) is 4.23. The molecule has 0 saturated carbocycles. The van der Waals surface area contributed by atoms with Gasteiger partial charge in [0.05, 0.1) is 16.7 Å². The summed E-state index contributed by atoms with van der Waals surface area (Å²) in [6.45, 7) is 2.83. The van der Waals surface area contributed by atoms with Crippen molar-refractivity contribution in [3.8, 4) is 5.75 Å². The smallest absolute Gasteiger partial charge is 0.115 e. The van der Waals surface area contributed by atoms with E-state index in [-0.39, 0.29) is 5.75 Å². The van der Waals surface area contributed by atoms with Crippen LogP contribution < -0.4 is 0 Å². The van der Waals surface area contributed by atoms with Gasteiger partial charge in [-0.15, -0.1) is 0 Å². The van der Waals surface area contributed by atoms with Crippen molar-refractivity contribution in [2.45, 2.75) is 13.5 Å². The van der Waals surface area contributed by atoms with Gasteiger partial charge in [0.15, 0.2) is 0 Å². The van der Waals surface area contributed by atoms with Crippen molar-refractivity contribution in [3.05, 3.63) is 89.7 Å². The normalized spacial score (nSPS) is 11.4. The van der Waals surface area contributed by atoms with Gasteiger partial charge in [0.2, 0.25) is 0 Å². The maximum atomic E-state index is 9.34. The van der Waals surface area contributed by atoms with E-state index in [1.165, 1.54) is 5.56 Å². The number of hydrogen-bond donors (Lipinski definition) is 1. The third-order valence-corrected chi connectivity index (χ3v) is 4.36. The van der Waals surface area contributed by atoms with Crippen LogP contribution in [0, 0.1) is 6.92 Å². The molecule has 1 aromatic heterocycles. The van der Waals surface area contributed by atoms with E-state index in [1.807, 2.05) is 37.3 Å². The van der Waals surface area contributed by atoms with Crippen molar-refractivity contribution >= 4 is 22.9 Å². The first-order chi connectivity index (χ1) is 12.7. The predicted molar refractivity (Wildman–Crippen MR) is 105 cm³/mol. The highest BCUT2D eigenvalue weighted by Crippen LogP contribution is 2.23. The van der Waals surface area contributed by atoms with Crippen LogP contribution >= 0.6 is 0 Å². The van der Waals surface area contributed by atoms with E-state index in [1.54, 1.807) is 18.3 Å². The van der Waals surface area contributed by atoms with Crippen molar-refractivity contribution in [2.24, 2.45) is 4.99 Å². The van der Waals surface area contributed by atoms with Gasteiger partial charge in [-0.1, -0.05) is 30.3 Å². The van der Waals surface area contributed by atoms with Gasteiger partial charge in [0, 0.05) is 12.8 Å². The number of benzene rings is 3. The minimum atomic E-state index is 0.253. The zero-order valence-corrected chi connectivity index (χ0v) is 14.5. The fraction of sp³-hybridized carbons (Fsp3) is 0.0909. The second-order valence-electron chi connectivity index (χ2n) is 6.25. The molecule has 0 spiro atoms. The highest BCUT2D eigenvalue weighted by molar-refractivity contribution is 5.85. The van der Waals surface area contributed by atoms with Gasteiger partial charge in [-0.25, -0.2) is 4.98 Å². The summed E-state index contributed by atoms with van der Waals surface area (Å²) in [5.41, 5.74) is 5.10. The Bertz CT molecular complexity index is 1060. The number of aliphatic imine (C=N–C) groups is 1. The van der Waals surface area contributed by atoms with E-state index in [0.717, 1.165) is 34.7 Å². The molecule has 0 amide bonds. The SMILES string of the molecule is Cc1nc2cc(N=Cc3ccc(O)cc3)ccc2n1Cc1ccccc1. The molecule has 26 heavy (non-hydrogen) atoms. The van der Waals surface area contributed by atoms with Crippen LogP contribution in [-0.4, -0.2) is 20.9 Å². The molecular formula is C22H19N3O. The van der Waals surface area contributed by atoms with Gasteiger partial charge in [-0.2, -0.15) is 0 Å². The maximum Gasteiger partial charge on any atom is 0.115 e. The molecule has 0 bridgehead atoms. The number of aromatic hydroxyl groups is 1. The van der Waals surface area contributed by atoms with Crippen molar-refractivity contribution in [1.29, 1.82) is 0 Å². The lowest BCUT2D eigenvalue weighted by atomic mass is 10.2. The summed E-state index contributed by atoms with van der Waals surface area (Å²) in [5.74, 6) is 1.24. The van der Waals surface area contributed by atoms with Crippen LogP contribution in [0.4, 0.5) is 5.69 Å². The quantitative estimate of drug-likeness (QED) is 0.540. The molecule has 0 aliphatic heterocycles. The Labute approximate surface area is 152 Å². The molecule has 0 radical (unpaired) electrons. The van der Waals surface area contributed by atoms with Crippen LogP contribution in [0.5, 0.6) is 5.75 Å². The van der Waals surface area contributed by atoms with Crippen LogP contribution in [-0.2, 0) is 6.54 Å². The molecule has 4 nitrogen and oxygen atoms in total. The van der Waals surface area contributed by atoms with E-state index in [2.05, 4.69) is 39.9 Å². The number of phenolic OH excluding ortho intramolecular Hbond substituents is 1. The molecule has 3 aromatic carbocycles. The molecule has 0 aliphatic rings. The molecule has 0 atom stereocenters. The Morgan fingerprint density at radius 1 is 1.00 bits per heavy atom. The van der Waals surface area contributed by atoms with Crippen molar-refractivity contribution in [1.82, 2.24) is 9.55 Å². The summed E-state index contributed by atoms with van der Waals surface area (Å²) < 4.78 is 2.22. The molecule has 0 aliphatic carbocycles. The van der Waals surface area contributed by atoms with Gasteiger partial charge in [-0.3, -0.25) is 4.99 Å². The van der Waals surface area contributed by atoms with Gasteiger partial charge in [0.1, 0.15) is 11.6 Å². The summed E-state index contributed by atoms with van der Waals surface area (Å²) in [4.78, 5) is 9.22. The number of hydrogen-bond acceptors (Lipinski definition) is 3. The number of aromatic nitrogens is 2. The lowest BCUT2D eigenvalue weighted by Crippen LogP contribution is -2.01. The van der Waals surface area contributed by atoms with Gasteiger partial charge < -0.3 is 9.67 Å². The van der Waals surface area contributed by atoms with Crippen LogP contribution in [0.25, 0.3) is 11.0 Å². The fourth-order valence-corrected chi connectivity index (χ4v) is 2.99. The predicted octanol–water partition coefficient (Wildman–Crippen LogP) is 4.85. The molecule has 0 fully saturated rings. The summed E-state index contributed by atoms with van der Waals surface area (Å²) in [6.07, 6.45) is 1.79. The molecule has 4 aromatic rings. The summed E-state index contributed by atoms with van der Waals surface area (Å²) in [7, 11) is 0. The minimum Gasteiger partial charge on any atom is -0.508 e. The minimum absolute atomic E-state index is 0.253. The summed E-state index contributed by atoms with van der Waals surface area (Å²) in [6, 6.07) is 23.4. The third kappa shape index (κ3) is 3.35. The van der Waals surface area contributed by atoms with E-state index in [9.17, 15) is 5.11 Å². The number of nitrogens with zero attached hydrogens (tertiary/aromatic N) is 3. The Balaban J connectivity index is 1.63. The first-order valence-corrected chi connectivity index (χ1v) is 8.53. The summed E-state index contributed by atoms with van der Waals surface area (Å²) >= 11 is 0. The van der Waals surface area contributed by atoms with Gasteiger partial charge in [0.25, 0.3) is 0 Å². The maximum absolute atomic E-state index is 9.34. The number of fused-ring (bicyclic) bond motifs is 1. The van der Waals surface area contributed by atoms with Crippen molar-refractivity contribution in [2.75, 3.05) is 0 Å². The average molecular weight is 341 g/mol. The Morgan fingerprint density at radius 2 is 1.77 bits per heavy atom. The Hall–Kier alpha value is -3.40. The molecule has 4 heteroatoms. The van der Waals surface area contributed by atoms with Gasteiger partial charge in [-0.05, 0) is 60.5 Å². The molecule has 4 rings (SSSR count). The molecule has 0 saturated heterocycles. The van der Waals surface area contributed by atoms with Crippen molar-refractivity contribution in [3.63, 3.8) is 0 Å². The number of imidazole rings is 1. The first kappa shape index (κ1) is 16.1. The number of rotatable bonds is 4. The standard InChI is InChI=1S/C22H19N3O/c1-16-24-21-13-19(23-14-17-7-10-20(26)11-8-17)9-12-22(21)25(16)15-18-5-3-2-4-6-18/h2-14,26H,15H2,1H3. The molecular weight excluding hydrogens is 322 g/mol. The van der Waals surface area contributed by atoms with Gasteiger partial charge >= 0.3 is 0 Å². The van der Waals surface area contributed by atoms with Crippen molar-refractivity contribution < 1.29 is 5.11 Å². The van der Waals surface area contributed by atoms with E-state index >= 15 is 0 Å². The van der Waals surface area contributed by atoms with Crippen LogP contribution in [0.2, 0.25) is 0 Å². The lowest BCUT2D eigenvalue weighted by molar-refractivity contribution is 0.475. The van der Waals surface area contributed by atoms with E-state index in [0.29, 0.717) is 0 Å². The van der Waals surface area contributed by atoms with Crippen LogP contribution in [0.15, 0.2) is 77.8 Å². The van der Waals surface area contributed by atoms with Crippen LogP contribution in [0.1, 0.15) is 17.0 Å². The number of phenols is 1. The summed E-state index contributed by atoms with van der Waals surface area (Å²) in [5, 5.41) is 9.34. The zero-order valence-electron chi connectivity index (χ0n) is 14.5. The lowest BCUT2D eigenvalue weighted by Gasteiger charge is -2.07. The highest BCUT2D eigenvalue weighted by atomic mass is 16.3. The van der Waals surface area contributed by atoms with Crippen LogP contribution in [0.3, 0.4) is 0 Å². The monoisotopic (exact) mass is 341 g/mol. The topological polar surface area (TPSA) is 50.4 Å². The molecule has 1 N–H and O–H groups in total. The zero-order chi connectivity index (χ0) is 17.9. The second-order valence-corrected chi connectivity index (χ2v) is 6.25.